The van der Waals surface area contributed by atoms with E-state index in [2.05, 4.69) is 25.3 Å². The summed E-state index contributed by atoms with van der Waals surface area (Å²) in [4.78, 5) is 28.2. The zero-order valence-electron chi connectivity index (χ0n) is 17.4. The maximum absolute atomic E-state index is 12.7. The van der Waals surface area contributed by atoms with Crippen LogP contribution in [0.15, 0.2) is 60.7 Å². The van der Waals surface area contributed by atoms with Crippen LogP contribution in [0.3, 0.4) is 0 Å². The van der Waals surface area contributed by atoms with Gasteiger partial charge in [-0.1, -0.05) is 5.57 Å². The highest BCUT2D eigenvalue weighted by Crippen LogP contribution is 2.30. The minimum atomic E-state index is -4.46. The summed E-state index contributed by atoms with van der Waals surface area (Å²) in [5.41, 5.74) is 1.48. The first kappa shape index (κ1) is 22.4. The number of hydrogen-bond acceptors (Lipinski definition) is 6. The average Bonchev–Trinajstić information content (AvgIpc) is 2.81. The number of nitrogens with zero attached hydrogens (tertiary/aromatic N) is 4. The van der Waals surface area contributed by atoms with E-state index in [1.54, 1.807) is 30.6 Å². The number of halogens is 3. The molecule has 0 bridgehead atoms. The third-order valence-electron chi connectivity index (χ3n) is 5.15. The summed E-state index contributed by atoms with van der Waals surface area (Å²) in [6.07, 6.45) is 6.07. The van der Waals surface area contributed by atoms with Gasteiger partial charge in [0.2, 0.25) is 5.88 Å². The van der Waals surface area contributed by atoms with Gasteiger partial charge in [0.05, 0.1) is 16.8 Å². The van der Waals surface area contributed by atoms with Crippen molar-refractivity contribution in [2.24, 2.45) is 0 Å². The van der Waals surface area contributed by atoms with Crippen molar-refractivity contribution in [2.45, 2.75) is 37.9 Å². The van der Waals surface area contributed by atoms with E-state index in [9.17, 15) is 18.0 Å². The summed E-state index contributed by atoms with van der Waals surface area (Å²) in [7, 11) is 0. The Hall–Kier alpha value is -3.82. The van der Waals surface area contributed by atoms with E-state index in [0.717, 1.165) is 37.8 Å². The van der Waals surface area contributed by atoms with E-state index in [0.29, 0.717) is 17.5 Å². The van der Waals surface area contributed by atoms with E-state index in [4.69, 9.17) is 4.74 Å². The zero-order valence-corrected chi connectivity index (χ0v) is 17.4. The molecule has 0 aromatic carbocycles. The molecule has 0 saturated heterocycles. The summed E-state index contributed by atoms with van der Waals surface area (Å²) in [6.45, 7) is 0. The molecule has 0 radical (unpaired) electrons. The molecule has 1 amide bonds. The number of aromatic nitrogens is 4. The van der Waals surface area contributed by atoms with Gasteiger partial charge in [-0.05, 0) is 56.0 Å². The Morgan fingerprint density at radius 3 is 2.55 bits per heavy atom. The lowest BCUT2D eigenvalue weighted by Crippen LogP contribution is -2.36. The number of allylic oxidation sites excluding steroid dienone is 1. The van der Waals surface area contributed by atoms with Crippen molar-refractivity contribution in [2.75, 3.05) is 0 Å². The molecular weight excluding hydrogens is 435 g/mol. The van der Waals surface area contributed by atoms with Crippen molar-refractivity contribution in [3.8, 4) is 11.9 Å². The van der Waals surface area contributed by atoms with Gasteiger partial charge in [-0.3, -0.25) is 9.78 Å². The number of amides is 1. The number of pyridine rings is 2. The van der Waals surface area contributed by atoms with E-state index in [1.807, 2.05) is 6.08 Å². The average molecular weight is 455 g/mol. The van der Waals surface area contributed by atoms with E-state index >= 15 is 0 Å². The Labute approximate surface area is 187 Å². The zero-order chi connectivity index (χ0) is 23.3. The molecule has 170 valence electrons. The van der Waals surface area contributed by atoms with Crippen molar-refractivity contribution in [1.82, 2.24) is 25.3 Å². The van der Waals surface area contributed by atoms with Gasteiger partial charge in [-0.25, -0.2) is 9.97 Å². The summed E-state index contributed by atoms with van der Waals surface area (Å²) in [6, 6.07) is 7.27. The summed E-state index contributed by atoms with van der Waals surface area (Å²) in [5.74, 6) is -0.160. The topological polar surface area (TPSA) is 89.9 Å². The first-order valence-electron chi connectivity index (χ1n) is 10.3. The minimum Gasteiger partial charge on any atom is -0.405 e. The second-order valence-corrected chi connectivity index (χ2v) is 7.54. The van der Waals surface area contributed by atoms with Crippen molar-refractivity contribution >= 4 is 12.0 Å². The van der Waals surface area contributed by atoms with Crippen LogP contribution >= 0.6 is 0 Å². The molecule has 10 heteroatoms. The van der Waals surface area contributed by atoms with Gasteiger partial charge in [0.25, 0.3) is 5.91 Å². The molecule has 3 aromatic heterocycles. The predicted octanol–water partition coefficient (Wildman–Crippen LogP) is 4.83. The van der Waals surface area contributed by atoms with E-state index in [-0.39, 0.29) is 23.8 Å². The van der Waals surface area contributed by atoms with Crippen molar-refractivity contribution in [3.63, 3.8) is 0 Å². The molecule has 1 N–H and O–H groups in total. The van der Waals surface area contributed by atoms with Gasteiger partial charge in [-0.15, -0.1) is 0 Å². The van der Waals surface area contributed by atoms with Crippen LogP contribution in [-0.4, -0.2) is 31.9 Å². The van der Waals surface area contributed by atoms with Crippen LogP contribution in [0.1, 0.15) is 47.3 Å². The first-order chi connectivity index (χ1) is 15.9. The standard InChI is InChI=1S/C23H20F3N5O2/c24-23(25,26)17-5-8-20(29-14-17)33-22-28-11-9-19(31-22)12-15-3-6-18(7-4-15)30-21(32)16-2-1-10-27-13-16/h1-2,5,8-14,18H,3-4,6-7H2,(H,30,32). The van der Waals surface area contributed by atoms with Crippen LogP contribution < -0.4 is 10.1 Å². The minimum absolute atomic E-state index is 0.00553. The highest BCUT2D eigenvalue weighted by Gasteiger charge is 2.30. The molecule has 33 heavy (non-hydrogen) atoms. The molecule has 7 nitrogen and oxygen atoms in total. The van der Waals surface area contributed by atoms with Gasteiger partial charge >= 0.3 is 12.2 Å². The number of ether oxygens (including phenoxy) is 1. The largest absolute Gasteiger partial charge is 0.417 e. The smallest absolute Gasteiger partial charge is 0.405 e. The second-order valence-electron chi connectivity index (χ2n) is 7.54. The van der Waals surface area contributed by atoms with Gasteiger partial charge < -0.3 is 10.1 Å². The highest BCUT2D eigenvalue weighted by atomic mass is 19.4. The molecular formula is C23H20F3N5O2. The fourth-order valence-electron chi connectivity index (χ4n) is 3.44. The number of carbonyl (C=O) groups excluding carboxylic acids is 1. The third kappa shape index (κ3) is 6.12. The highest BCUT2D eigenvalue weighted by molar-refractivity contribution is 5.94. The Balaban J connectivity index is 1.34. The van der Waals surface area contributed by atoms with Crippen LogP contribution in [0.25, 0.3) is 6.08 Å². The Kier molecular flexibility index (Phi) is 6.62. The molecule has 3 heterocycles. The van der Waals surface area contributed by atoms with Crippen LogP contribution in [0, 0.1) is 0 Å². The van der Waals surface area contributed by atoms with Crippen LogP contribution in [0.2, 0.25) is 0 Å². The lowest BCUT2D eigenvalue weighted by atomic mass is 9.90. The quantitative estimate of drug-likeness (QED) is 0.593. The lowest BCUT2D eigenvalue weighted by molar-refractivity contribution is -0.137. The summed E-state index contributed by atoms with van der Waals surface area (Å²) >= 11 is 0. The monoisotopic (exact) mass is 455 g/mol. The normalized spacial score (nSPS) is 16.2. The molecule has 0 aliphatic heterocycles. The summed E-state index contributed by atoms with van der Waals surface area (Å²) in [5, 5.41) is 3.04. The number of rotatable bonds is 5. The molecule has 4 rings (SSSR count). The van der Waals surface area contributed by atoms with Gasteiger partial charge in [-0.2, -0.15) is 18.2 Å². The molecule has 0 unspecified atom stereocenters. The fourth-order valence-corrected chi connectivity index (χ4v) is 3.44. The van der Waals surface area contributed by atoms with Crippen molar-refractivity contribution < 1.29 is 22.7 Å². The number of carbonyl (C=O) groups is 1. The van der Waals surface area contributed by atoms with Crippen molar-refractivity contribution in [1.29, 1.82) is 0 Å². The van der Waals surface area contributed by atoms with Crippen molar-refractivity contribution in [3.05, 3.63) is 77.5 Å². The van der Waals surface area contributed by atoms with Crippen LogP contribution in [-0.2, 0) is 6.18 Å². The number of alkyl halides is 3. The van der Waals surface area contributed by atoms with E-state index < -0.39 is 11.7 Å². The first-order valence-corrected chi connectivity index (χ1v) is 10.3. The van der Waals surface area contributed by atoms with Gasteiger partial charge in [0.1, 0.15) is 0 Å². The lowest BCUT2D eigenvalue weighted by Gasteiger charge is -2.25. The molecule has 1 saturated carbocycles. The van der Waals surface area contributed by atoms with Gasteiger partial charge in [0, 0.05) is 36.9 Å². The second kappa shape index (κ2) is 9.76. The molecule has 1 aliphatic rings. The number of hydrogen-bond donors (Lipinski definition) is 1. The fraction of sp³-hybridized carbons (Fsp3) is 0.261. The molecule has 0 spiro atoms. The summed E-state index contributed by atoms with van der Waals surface area (Å²) < 4.78 is 43.3. The molecule has 3 aromatic rings. The van der Waals surface area contributed by atoms with Crippen LogP contribution in [0.4, 0.5) is 13.2 Å². The maximum atomic E-state index is 12.7. The SMILES string of the molecule is O=C(NC1CCC(=Cc2ccnc(Oc3ccc(C(F)(F)F)cn3)n2)CC1)c1cccnc1. The van der Waals surface area contributed by atoms with Gasteiger partial charge in [0.15, 0.2) is 0 Å². The molecule has 0 atom stereocenters. The molecule has 1 fully saturated rings. The molecule has 1 aliphatic carbocycles. The third-order valence-corrected chi connectivity index (χ3v) is 5.15. The Morgan fingerprint density at radius 2 is 1.88 bits per heavy atom. The maximum Gasteiger partial charge on any atom is 0.417 e. The Bertz CT molecular complexity index is 1120. The number of nitrogens with one attached hydrogen (secondary N) is 1. The predicted molar refractivity (Wildman–Crippen MR) is 113 cm³/mol. The van der Waals surface area contributed by atoms with E-state index in [1.165, 1.54) is 11.8 Å². The van der Waals surface area contributed by atoms with Crippen LogP contribution in [0.5, 0.6) is 11.9 Å². The Morgan fingerprint density at radius 1 is 1.06 bits per heavy atom.